The number of imidazole rings is 2. The molecule has 7 fully saturated rings. The van der Waals surface area contributed by atoms with E-state index in [4.69, 9.17) is 64.6 Å². The van der Waals surface area contributed by atoms with Gasteiger partial charge in [0.05, 0.1) is 62.4 Å². The molecule has 15 rings (SSSR count). The maximum absolute atomic E-state index is 12.8. The molecule has 15 atom stereocenters. The summed E-state index contributed by atoms with van der Waals surface area (Å²) < 4.78 is 91.0. The van der Waals surface area contributed by atoms with Crippen LogP contribution in [0.15, 0.2) is 118 Å². The Hall–Kier alpha value is -5.78. The van der Waals surface area contributed by atoms with Crippen LogP contribution in [0.2, 0.25) is 0 Å². The van der Waals surface area contributed by atoms with E-state index in [1.165, 1.54) is 63.3 Å². The zero-order chi connectivity index (χ0) is 74.9. The van der Waals surface area contributed by atoms with Crippen LogP contribution in [0.25, 0.3) is 22.3 Å². The third-order valence-electron chi connectivity index (χ3n) is 18.0. The van der Waals surface area contributed by atoms with E-state index < -0.39 is 126 Å². The van der Waals surface area contributed by atoms with E-state index >= 15 is 0 Å². The quantitative estimate of drug-likeness (QED) is 0.0342. The number of aromatic nitrogens is 12. The van der Waals surface area contributed by atoms with Crippen molar-refractivity contribution in [1.82, 2.24) is 58.1 Å². The summed E-state index contributed by atoms with van der Waals surface area (Å²) in [5, 5.41) is 12.5. The maximum Gasteiger partial charge on any atom is 0.330 e. The molecule has 8 aromatic rings. The molecule has 5 N–H and O–H groups in total. The fraction of sp³-hybridized carbons (Fsp3) is 0.508. The summed E-state index contributed by atoms with van der Waals surface area (Å²) in [5.74, 6) is -3.10. The van der Waals surface area contributed by atoms with Gasteiger partial charge in [-0.25, -0.2) is 39.5 Å². The first-order valence-electron chi connectivity index (χ1n) is 33.9. The Morgan fingerprint density at radius 2 is 1.18 bits per heavy atom. The van der Waals surface area contributed by atoms with E-state index in [2.05, 4.69) is 53.6 Å². The maximum atomic E-state index is 12.8. The van der Waals surface area contributed by atoms with Crippen molar-refractivity contribution >= 4 is 95.3 Å². The summed E-state index contributed by atoms with van der Waals surface area (Å²) in [5.41, 5.74) is 2.22. The molecule has 7 aliphatic rings. The molecule has 558 valence electrons. The number of aromatic amines is 2. The number of carbonyl (C=O) groups is 2. The van der Waals surface area contributed by atoms with Crippen LogP contribution in [0.5, 0.6) is 0 Å². The summed E-state index contributed by atoms with van der Waals surface area (Å²) in [6.07, 6.45) is 2.68. The summed E-state index contributed by atoms with van der Waals surface area (Å²) in [6.45, 7) is 10.3. The molecule has 1 amide bonds. The van der Waals surface area contributed by atoms with Crippen molar-refractivity contribution in [3.63, 3.8) is 0 Å². The fourth-order valence-corrected chi connectivity index (χ4v) is 22.0. The standard InChI is InChI=1S/C31H36N7O10PS.C23H25N4O6PS2.C11H16N2O4.BH.U/c1-5-18-19(11-21(44-18)37-12-16(2)27(39)36-30(37)41)48-49(42,50)43-13-20-23-24(47-31(3,4)46-23)29(45-20)38-15-34-22-25(32-14-33-26(22)38)35-28(40)17-9-7-6-8-10-17;1-23(2)32-19-17(11-30-34(29)35-8-9-36-34)31-22(20(19)33-23)27-13-26-18-15(24-12-25-21(18)27)10-16(28)14-6-4-3-5-7-14;1-3-8-7(14)4-9(17-8)13-5-6(2)10(15)12-11(13)16;;/h6-10,12,14-15,18-21,23-24,29H,5,11,13H2,1-4H3,(H,42,50)(H,36,39,41)(H,32,33,35,40);3-7,12-13,17,19-20,22H,8-11H2,1-2H3;5,7-9,14H,3-4H2,1-2H3,(H,12,15,16);1H;/t18-,19+,20-,21-,23-,24-,29-,49?;17-,19-,20-,22-;7-,8+,9+;;/m110../s1/i;;;1D;. The predicted molar refractivity (Wildman–Crippen MR) is 384 cm³/mol. The number of benzene rings is 2. The summed E-state index contributed by atoms with van der Waals surface area (Å²) in [4.78, 5) is 115. The van der Waals surface area contributed by atoms with Gasteiger partial charge in [0.1, 0.15) is 67.3 Å². The molecule has 7 saturated heterocycles. The molecule has 2 radical (unpaired) electrons. The number of hydrogen-bond acceptors (Lipinski definition) is 28. The minimum Gasteiger partial charge on any atom is -0.390 e. The predicted octanol–water partition coefficient (Wildman–Crippen LogP) is 6.20. The van der Waals surface area contributed by atoms with E-state index in [-0.39, 0.29) is 80.8 Å². The molecule has 6 aromatic heterocycles. The van der Waals surface area contributed by atoms with Gasteiger partial charge in [0, 0.05) is 98.5 Å². The number of ether oxygens (including phenoxy) is 8. The molecule has 105 heavy (non-hydrogen) atoms. The number of hydrogen-bond donors (Lipinski definition) is 5. The van der Waals surface area contributed by atoms with Crippen LogP contribution in [-0.2, 0) is 74.3 Å². The normalized spacial score (nSPS) is 28.0. The number of amides is 1. The number of aryl methyl sites for hydroxylation is 2. The Bertz CT molecular complexity index is 4810. The topological polar surface area (TPSA) is 402 Å². The molecule has 0 saturated carbocycles. The number of aliphatic hydroxyl groups excluding tert-OH is 1. The zero-order valence-corrected chi connectivity index (χ0v) is 66.5. The van der Waals surface area contributed by atoms with Crippen LogP contribution in [-0.4, -0.2) is 187 Å². The van der Waals surface area contributed by atoms with Crippen LogP contribution >= 0.6 is 35.3 Å². The van der Waals surface area contributed by atoms with E-state index in [1.54, 1.807) is 79.6 Å². The molecule has 0 aliphatic carbocycles. The number of ketones is 1. The van der Waals surface area contributed by atoms with Gasteiger partial charge in [-0.2, -0.15) is 0 Å². The Labute approximate surface area is 640 Å². The number of rotatable bonds is 19. The third-order valence-corrected chi connectivity index (χ3v) is 27.3. The van der Waals surface area contributed by atoms with Crippen LogP contribution in [0.1, 0.15) is 130 Å². The van der Waals surface area contributed by atoms with Crippen LogP contribution in [0.4, 0.5) is 5.82 Å². The van der Waals surface area contributed by atoms with E-state index in [9.17, 15) is 43.3 Å². The van der Waals surface area contributed by atoms with E-state index in [0.717, 1.165) is 11.5 Å². The van der Waals surface area contributed by atoms with Crippen molar-refractivity contribution in [2.24, 2.45) is 0 Å². The monoisotopic (exact) mass is 1770 g/mol. The molecule has 0 bridgehead atoms. The molecule has 0 spiro atoms. The molecule has 2 aromatic carbocycles. The average Bonchev–Trinajstić information content (AvgIpc) is 1.59. The SMILES string of the molecule is CC1(C)O[C@@H]2[C@H](O1)[C@@H](COP1(=O)SCCS1)O[C@H]2n1cnc2c(CC(=O)c3ccccc3)ncnc21.CC[C@H]1O[C@@H](n2cc(C)c(=O)[nH]c2=O)C[C@@H]1O.CC[C@H]1O[C@@H](n2cc(C)c(=O)[nH]c2=O)C[C@@H]1OP(O)(=S)OC[C@H]1O[C@@H](n2cnc3c(NC(=O)c4ccccc4)ncnc32)[C@@H]2OC(C)(C)O[C@@H]21.[2H][B].[U]. The van der Waals surface area contributed by atoms with Crippen molar-refractivity contribution in [3.8, 4) is 0 Å². The first kappa shape index (κ1) is 78.8. The third kappa shape index (κ3) is 17.8. The van der Waals surface area contributed by atoms with Crippen molar-refractivity contribution in [3.05, 3.63) is 168 Å². The Kier molecular flexibility index (Phi) is 24.9. The Morgan fingerprint density at radius 3 is 1.73 bits per heavy atom. The molecule has 13 heterocycles. The first-order chi connectivity index (χ1) is 50.2. The van der Waals surface area contributed by atoms with Crippen LogP contribution in [0.3, 0.4) is 0 Å². The van der Waals surface area contributed by atoms with Crippen molar-refractivity contribution in [2.75, 3.05) is 30.0 Å². The Balaban J connectivity index is 0.000000174. The number of Topliss-reactive ketones (excluding diaryl/α,β-unsaturated/α-hetero) is 1. The van der Waals surface area contributed by atoms with Crippen molar-refractivity contribution < 1.29 is 107 Å². The van der Waals surface area contributed by atoms with Gasteiger partial charge in [0.15, 0.2) is 52.4 Å². The average molecular weight is 1770 g/mol. The minimum atomic E-state index is -3.87. The van der Waals surface area contributed by atoms with Gasteiger partial charge in [-0.15, -0.1) is 0 Å². The number of nitrogens with zero attached hydrogens (tertiary/aromatic N) is 10. The fourth-order valence-electron chi connectivity index (χ4n) is 13.2. The van der Waals surface area contributed by atoms with E-state index in [1.807, 2.05) is 52.0 Å². The number of fused-ring (bicyclic) bond motifs is 4. The smallest absolute Gasteiger partial charge is 0.330 e. The zero-order valence-electron chi connectivity index (χ0n) is 59.1. The number of anilines is 1. The summed E-state index contributed by atoms with van der Waals surface area (Å²) >= 11 is 8.15. The summed E-state index contributed by atoms with van der Waals surface area (Å²) in [7, 11) is 3.75. The Morgan fingerprint density at radius 1 is 0.686 bits per heavy atom. The first-order valence-corrected chi connectivity index (χ1v) is 40.7. The van der Waals surface area contributed by atoms with Crippen molar-refractivity contribution in [2.45, 2.75) is 185 Å². The summed E-state index contributed by atoms with van der Waals surface area (Å²) in [6, 6.07) is 17.8. The largest absolute Gasteiger partial charge is 0.390 e. The van der Waals surface area contributed by atoms with Gasteiger partial charge in [-0.3, -0.25) is 52.0 Å². The second-order valence-electron chi connectivity index (χ2n) is 26.1. The second-order valence-corrected chi connectivity index (χ2v) is 36.5. The van der Waals surface area contributed by atoms with Crippen LogP contribution < -0.4 is 27.8 Å². The van der Waals surface area contributed by atoms with Gasteiger partial charge < -0.3 is 66.8 Å². The second kappa shape index (κ2) is 33.2. The number of carbonyl (C=O) groups excluding carboxylic acids is 2. The van der Waals surface area contributed by atoms with Gasteiger partial charge >= 0.3 is 23.9 Å². The van der Waals surface area contributed by atoms with Gasteiger partial charge in [-0.1, -0.05) is 85.1 Å². The number of H-pyrrole nitrogens is 2. The van der Waals surface area contributed by atoms with Gasteiger partial charge in [-0.05, 0) is 79.7 Å². The molecule has 1 unspecified atom stereocenters. The van der Waals surface area contributed by atoms with Gasteiger partial charge in [0.2, 0.25) is 0 Å². The van der Waals surface area contributed by atoms with Crippen LogP contribution in [0, 0.1) is 45.0 Å². The minimum absolute atomic E-state index is 0. The van der Waals surface area contributed by atoms with Crippen molar-refractivity contribution in [1.29, 1.82) is 1.34 Å². The molecular formula is C65H78BN13O20P2S3U. The number of nitrogens with one attached hydrogen (secondary N) is 3. The number of aliphatic hydroxyl groups is 1. The molecular weight excluding hydrogens is 1690 g/mol. The molecule has 7 aliphatic heterocycles. The molecule has 33 nitrogen and oxygen atoms in total. The molecule has 40 heteroatoms. The van der Waals surface area contributed by atoms with E-state index in [0.29, 0.717) is 69.5 Å². The van der Waals surface area contributed by atoms with Gasteiger partial charge in [0.25, 0.3) is 17.0 Å².